The number of nitrogens with zero attached hydrogens (tertiary/aromatic N) is 1. The van der Waals surface area contributed by atoms with Crippen molar-refractivity contribution in [2.45, 2.75) is 25.0 Å². The lowest BCUT2D eigenvalue weighted by Crippen LogP contribution is -2.32. The Morgan fingerprint density at radius 3 is 2.79 bits per heavy atom. The second-order valence-corrected chi connectivity index (χ2v) is 5.10. The molecule has 5 heteroatoms. The van der Waals surface area contributed by atoms with E-state index in [0.29, 0.717) is 6.04 Å². The molecule has 1 aliphatic carbocycles. The number of hydrogen-bond acceptors (Lipinski definition) is 3. The lowest BCUT2D eigenvalue weighted by molar-refractivity contribution is 0.168. The van der Waals surface area contributed by atoms with Crippen LogP contribution in [-0.4, -0.2) is 42.7 Å². The van der Waals surface area contributed by atoms with Crippen molar-refractivity contribution in [2.24, 2.45) is 0 Å². The summed E-state index contributed by atoms with van der Waals surface area (Å²) in [7, 11) is 2.08. The quantitative estimate of drug-likeness (QED) is 0.740. The lowest BCUT2D eigenvalue weighted by Gasteiger charge is -2.17. The highest BCUT2D eigenvalue weighted by atomic mass is 19.1. The molecule has 1 fully saturated rings. The smallest absolute Gasteiger partial charge is 0.131 e. The minimum Gasteiger partial charge on any atom is -0.387 e. The second-order valence-electron chi connectivity index (χ2n) is 5.10. The number of halogens is 2. The zero-order valence-electron chi connectivity index (χ0n) is 11.1. The van der Waals surface area contributed by atoms with Crippen molar-refractivity contribution in [2.75, 3.05) is 26.7 Å². The van der Waals surface area contributed by atoms with Crippen molar-refractivity contribution in [1.82, 2.24) is 10.2 Å². The molecule has 1 aromatic rings. The highest BCUT2D eigenvalue weighted by molar-refractivity contribution is 5.21. The molecule has 3 nitrogen and oxygen atoms in total. The van der Waals surface area contributed by atoms with Gasteiger partial charge in [-0.1, -0.05) is 6.07 Å². The summed E-state index contributed by atoms with van der Waals surface area (Å²) in [5.41, 5.74) is 0.129. The standard InChI is InChI=1S/C14H20F2N2O/c1-18(11-3-4-11)7-6-17-9-14(19)12-5-2-10(15)8-13(12)16/h2,5,8,11,14,17,19H,3-4,6-7,9H2,1H3. The van der Waals surface area contributed by atoms with Gasteiger partial charge >= 0.3 is 0 Å². The van der Waals surface area contributed by atoms with Crippen molar-refractivity contribution in [1.29, 1.82) is 0 Å². The third-order valence-corrected chi connectivity index (χ3v) is 3.47. The van der Waals surface area contributed by atoms with Gasteiger partial charge in [0.1, 0.15) is 11.6 Å². The number of aliphatic hydroxyl groups is 1. The van der Waals surface area contributed by atoms with E-state index in [2.05, 4.69) is 17.3 Å². The van der Waals surface area contributed by atoms with Crippen LogP contribution < -0.4 is 5.32 Å². The van der Waals surface area contributed by atoms with Crippen LogP contribution in [0.15, 0.2) is 18.2 Å². The molecule has 0 amide bonds. The molecule has 0 heterocycles. The van der Waals surface area contributed by atoms with Crippen LogP contribution in [0.4, 0.5) is 8.78 Å². The first-order valence-corrected chi connectivity index (χ1v) is 6.62. The van der Waals surface area contributed by atoms with Crippen LogP contribution >= 0.6 is 0 Å². The predicted octanol–water partition coefficient (Wildman–Crippen LogP) is 1.68. The van der Waals surface area contributed by atoms with E-state index < -0.39 is 17.7 Å². The van der Waals surface area contributed by atoms with Crippen molar-refractivity contribution in [3.05, 3.63) is 35.4 Å². The maximum absolute atomic E-state index is 13.4. The summed E-state index contributed by atoms with van der Waals surface area (Å²) in [5, 5.41) is 12.9. The van der Waals surface area contributed by atoms with E-state index in [1.165, 1.54) is 18.9 Å². The third kappa shape index (κ3) is 4.23. The van der Waals surface area contributed by atoms with Crippen LogP contribution in [0.3, 0.4) is 0 Å². The van der Waals surface area contributed by atoms with Crippen molar-refractivity contribution < 1.29 is 13.9 Å². The van der Waals surface area contributed by atoms with Gasteiger partial charge < -0.3 is 15.3 Å². The SMILES string of the molecule is CN(CCNCC(O)c1ccc(F)cc1F)C1CC1. The van der Waals surface area contributed by atoms with Crippen LogP contribution in [-0.2, 0) is 0 Å². The number of nitrogens with one attached hydrogen (secondary N) is 1. The van der Waals surface area contributed by atoms with Gasteiger partial charge in [-0.15, -0.1) is 0 Å². The Morgan fingerprint density at radius 1 is 1.42 bits per heavy atom. The van der Waals surface area contributed by atoms with Gasteiger partial charge in [-0.2, -0.15) is 0 Å². The first kappa shape index (κ1) is 14.4. The first-order valence-electron chi connectivity index (χ1n) is 6.62. The summed E-state index contributed by atoms with van der Waals surface area (Å²) in [6.07, 6.45) is 1.58. The molecule has 1 aliphatic rings. The van der Waals surface area contributed by atoms with Gasteiger partial charge in [0.05, 0.1) is 6.10 Å². The fourth-order valence-corrected chi connectivity index (χ4v) is 2.07. The summed E-state index contributed by atoms with van der Waals surface area (Å²) in [5.74, 6) is -1.34. The van der Waals surface area contributed by atoms with Crippen LogP contribution in [0.25, 0.3) is 0 Å². The van der Waals surface area contributed by atoms with E-state index >= 15 is 0 Å². The molecular weight excluding hydrogens is 250 g/mol. The maximum Gasteiger partial charge on any atom is 0.131 e. The lowest BCUT2D eigenvalue weighted by atomic mass is 10.1. The van der Waals surface area contributed by atoms with Crippen LogP contribution in [0, 0.1) is 11.6 Å². The van der Waals surface area contributed by atoms with E-state index in [9.17, 15) is 13.9 Å². The number of benzene rings is 1. The van der Waals surface area contributed by atoms with E-state index in [0.717, 1.165) is 25.2 Å². The second kappa shape index (κ2) is 6.41. The number of aliphatic hydroxyl groups excluding tert-OH is 1. The summed E-state index contributed by atoms with van der Waals surface area (Å²) >= 11 is 0. The summed E-state index contributed by atoms with van der Waals surface area (Å²) < 4.78 is 26.2. The van der Waals surface area contributed by atoms with E-state index in [-0.39, 0.29) is 12.1 Å². The molecule has 2 rings (SSSR count). The molecule has 0 radical (unpaired) electrons. The number of rotatable bonds is 7. The van der Waals surface area contributed by atoms with E-state index in [4.69, 9.17) is 0 Å². The Morgan fingerprint density at radius 2 is 2.16 bits per heavy atom. The molecule has 1 aromatic carbocycles. The van der Waals surface area contributed by atoms with E-state index in [1.807, 2.05) is 0 Å². The Labute approximate surface area is 112 Å². The van der Waals surface area contributed by atoms with Gasteiger partial charge in [-0.05, 0) is 26.0 Å². The largest absolute Gasteiger partial charge is 0.387 e. The van der Waals surface area contributed by atoms with Gasteiger partial charge in [-0.25, -0.2) is 8.78 Å². The van der Waals surface area contributed by atoms with E-state index in [1.54, 1.807) is 0 Å². The number of likely N-dealkylation sites (N-methyl/N-ethyl adjacent to an activating group) is 1. The van der Waals surface area contributed by atoms with Crippen molar-refractivity contribution >= 4 is 0 Å². The molecule has 19 heavy (non-hydrogen) atoms. The molecule has 0 aromatic heterocycles. The molecule has 2 N–H and O–H groups in total. The molecule has 0 bridgehead atoms. The van der Waals surface area contributed by atoms with Gasteiger partial charge in [-0.3, -0.25) is 0 Å². The van der Waals surface area contributed by atoms with Crippen LogP contribution in [0.2, 0.25) is 0 Å². The summed E-state index contributed by atoms with van der Waals surface area (Å²) in [6.45, 7) is 1.91. The molecule has 106 valence electrons. The fraction of sp³-hybridized carbons (Fsp3) is 0.571. The Hall–Kier alpha value is -1.04. The average Bonchev–Trinajstić information content (AvgIpc) is 3.18. The maximum atomic E-state index is 13.4. The third-order valence-electron chi connectivity index (χ3n) is 3.47. The molecule has 1 unspecified atom stereocenters. The molecule has 1 atom stereocenters. The zero-order valence-corrected chi connectivity index (χ0v) is 11.1. The fourth-order valence-electron chi connectivity index (χ4n) is 2.07. The molecule has 0 spiro atoms. The first-order chi connectivity index (χ1) is 9.08. The normalized spacial score (nSPS) is 16.9. The predicted molar refractivity (Wildman–Crippen MR) is 69.8 cm³/mol. The Balaban J connectivity index is 1.72. The van der Waals surface area contributed by atoms with Crippen LogP contribution in [0.5, 0.6) is 0 Å². The van der Waals surface area contributed by atoms with Gasteiger partial charge in [0, 0.05) is 37.3 Å². The minimum atomic E-state index is -0.952. The van der Waals surface area contributed by atoms with Gasteiger partial charge in [0.25, 0.3) is 0 Å². The highest BCUT2D eigenvalue weighted by Crippen LogP contribution is 2.24. The molecule has 1 saturated carbocycles. The number of hydrogen-bond donors (Lipinski definition) is 2. The van der Waals surface area contributed by atoms with Crippen molar-refractivity contribution in [3.8, 4) is 0 Å². The van der Waals surface area contributed by atoms with Crippen molar-refractivity contribution in [3.63, 3.8) is 0 Å². The van der Waals surface area contributed by atoms with Gasteiger partial charge in [0.2, 0.25) is 0 Å². The summed E-state index contributed by atoms with van der Waals surface area (Å²) in [4.78, 5) is 2.28. The zero-order chi connectivity index (χ0) is 13.8. The molecule has 0 aliphatic heterocycles. The summed E-state index contributed by atoms with van der Waals surface area (Å²) in [6, 6.07) is 3.94. The monoisotopic (exact) mass is 270 g/mol. The topological polar surface area (TPSA) is 35.5 Å². The minimum absolute atomic E-state index is 0.129. The Kier molecular flexibility index (Phi) is 4.85. The van der Waals surface area contributed by atoms with Gasteiger partial charge in [0.15, 0.2) is 0 Å². The Bertz CT molecular complexity index is 424. The van der Waals surface area contributed by atoms with Crippen LogP contribution in [0.1, 0.15) is 24.5 Å². The average molecular weight is 270 g/mol. The molecule has 0 saturated heterocycles. The molecular formula is C14H20F2N2O. The highest BCUT2D eigenvalue weighted by Gasteiger charge is 2.25.